The second-order valence-electron chi connectivity index (χ2n) is 5.95. The van der Waals surface area contributed by atoms with Crippen molar-refractivity contribution < 1.29 is 4.74 Å². The zero-order chi connectivity index (χ0) is 16.5. The standard InChI is InChI=1S/C16H19N7O/c1-23-6-5-18-16(23)12-8-10(4-7-24-12)21-14-11-2-3-13(17)22-15(11)20-9-19-14/h2-3,5-6,9-10,12H,4,7-8H2,1H3,(H3,17,19,20,21,22). The summed E-state index contributed by atoms with van der Waals surface area (Å²) in [5.41, 5.74) is 6.32. The minimum Gasteiger partial charge on any atom is -0.384 e. The lowest BCUT2D eigenvalue weighted by Gasteiger charge is -2.30. The molecule has 3 aromatic heterocycles. The number of nitrogens with two attached hydrogens (primary N) is 1. The first-order chi connectivity index (χ1) is 11.7. The van der Waals surface area contributed by atoms with Gasteiger partial charge in [0.05, 0.1) is 5.39 Å². The van der Waals surface area contributed by atoms with E-state index in [1.54, 1.807) is 12.3 Å². The van der Waals surface area contributed by atoms with E-state index >= 15 is 0 Å². The molecule has 4 rings (SSSR count). The molecular formula is C16H19N7O. The predicted molar refractivity (Wildman–Crippen MR) is 90.3 cm³/mol. The van der Waals surface area contributed by atoms with Crippen LogP contribution in [-0.4, -0.2) is 37.2 Å². The van der Waals surface area contributed by atoms with Gasteiger partial charge in [0.15, 0.2) is 5.65 Å². The first-order valence-electron chi connectivity index (χ1n) is 7.93. The maximum Gasteiger partial charge on any atom is 0.166 e. The van der Waals surface area contributed by atoms with E-state index in [1.165, 1.54) is 6.33 Å². The van der Waals surface area contributed by atoms with E-state index in [9.17, 15) is 0 Å². The lowest BCUT2D eigenvalue weighted by molar-refractivity contribution is 0.00288. The monoisotopic (exact) mass is 325 g/mol. The number of anilines is 2. The van der Waals surface area contributed by atoms with Gasteiger partial charge in [-0.2, -0.15) is 0 Å². The molecule has 8 nitrogen and oxygen atoms in total. The SMILES string of the molecule is Cn1ccnc1C1CC(Nc2ncnc3nc(N)ccc23)CCO1. The zero-order valence-corrected chi connectivity index (χ0v) is 13.4. The van der Waals surface area contributed by atoms with E-state index in [0.29, 0.717) is 18.1 Å². The van der Waals surface area contributed by atoms with Crippen LogP contribution in [0.25, 0.3) is 11.0 Å². The van der Waals surface area contributed by atoms with Crippen molar-refractivity contribution in [1.29, 1.82) is 0 Å². The summed E-state index contributed by atoms with van der Waals surface area (Å²) in [6, 6.07) is 3.91. The van der Waals surface area contributed by atoms with E-state index < -0.39 is 0 Å². The average Bonchev–Trinajstić information content (AvgIpc) is 3.01. The molecule has 4 heterocycles. The maximum absolute atomic E-state index is 5.89. The van der Waals surface area contributed by atoms with Crippen LogP contribution in [0.4, 0.5) is 11.6 Å². The number of nitrogens with zero attached hydrogens (tertiary/aromatic N) is 5. The van der Waals surface area contributed by atoms with Crippen molar-refractivity contribution in [1.82, 2.24) is 24.5 Å². The molecule has 2 atom stereocenters. The molecule has 124 valence electrons. The second kappa shape index (κ2) is 6.04. The van der Waals surface area contributed by atoms with Crippen molar-refractivity contribution in [3.8, 4) is 0 Å². The average molecular weight is 325 g/mol. The van der Waals surface area contributed by atoms with E-state index in [4.69, 9.17) is 10.5 Å². The molecule has 1 aliphatic rings. The van der Waals surface area contributed by atoms with Gasteiger partial charge in [-0.15, -0.1) is 0 Å². The highest BCUT2D eigenvalue weighted by Gasteiger charge is 2.27. The van der Waals surface area contributed by atoms with Crippen molar-refractivity contribution in [2.24, 2.45) is 7.05 Å². The fourth-order valence-electron chi connectivity index (χ4n) is 3.06. The van der Waals surface area contributed by atoms with Gasteiger partial charge in [0, 0.05) is 38.5 Å². The molecule has 0 saturated carbocycles. The molecule has 2 unspecified atom stereocenters. The molecular weight excluding hydrogens is 306 g/mol. The minimum atomic E-state index is -0.0156. The Morgan fingerprint density at radius 1 is 1.29 bits per heavy atom. The number of nitrogens with one attached hydrogen (secondary N) is 1. The Labute approximate surface area is 139 Å². The van der Waals surface area contributed by atoms with Crippen molar-refractivity contribution in [3.63, 3.8) is 0 Å². The van der Waals surface area contributed by atoms with Crippen LogP contribution in [0.3, 0.4) is 0 Å². The van der Waals surface area contributed by atoms with Gasteiger partial charge in [-0.05, 0) is 18.6 Å². The Balaban J connectivity index is 1.56. The van der Waals surface area contributed by atoms with E-state index in [0.717, 1.165) is 29.9 Å². The van der Waals surface area contributed by atoms with Crippen LogP contribution in [0.5, 0.6) is 0 Å². The number of pyridine rings is 1. The summed E-state index contributed by atoms with van der Waals surface area (Å²) >= 11 is 0. The topological polar surface area (TPSA) is 104 Å². The highest BCUT2D eigenvalue weighted by atomic mass is 16.5. The lowest BCUT2D eigenvalue weighted by Crippen LogP contribution is -2.31. The zero-order valence-electron chi connectivity index (χ0n) is 13.4. The first-order valence-corrected chi connectivity index (χ1v) is 7.93. The highest BCUT2D eigenvalue weighted by molar-refractivity contribution is 5.87. The van der Waals surface area contributed by atoms with Gasteiger partial charge in [-0.1, -0.05) is 0 Å². The predicted octanol–water partition coefficient (Wildman–Crippen LogP) is 1.67. The number of fused-ring (bicyclic) bond motifs is 1. The number of hydrogen-bond donors (Lipinski definition) is 2. The molecule has 3 N–H and O–H groups in total. The van der Waals surface area contributed by atoms with Crippen molar-refractivity contribution in [2.45, 2.75) is 25.0 Å². The van der Waals surface area contributed by atoms with E-state index in [2.05, 4.69) is 25.3 Å². The Kier molecular flexibility index (Phi) is 3.73. The van der Waals surface area contributed by atoms with Crippen LogP contribution >= 0.6 is 0 Å². The number of ether oxygens (including phenoxy) is 1. The van der Waals surface area contributed by atoms with Crippen molar-refractivity contribution in [2.75, 3.05) is 17.7 Å². The molecule has 0 radical (unpaired) electrons. The lowest BCUT2D eigenvalue weighted by atomic mass is 10.0. The molecule has 0 amide bonds. The Morgan fingerprint density at radius 3 is 3.04 bits per heavy atom. The Bertz CT molecular complexity index is 863. The molecule has 24 heavy (non-hydrogen) atoms. The third-order valence-corrected chi connectivity index (χ3v) is 4.29. The summed E-state index contributed by atoms with van der Waals surface area (Å²) in [6.07, 6.45) is 6.96. The smallest absolute Gasteiger partial charge is 0.166 e. The summed E-state index contributed by atoms with van der Waals surface area (Å²) < 4.78 is 7.89. The molecule has 1 aliphatic heterocycles. The first kappa shape index (κ1) is 14.8. The number of imidazole rings is 1. The third kappa shape index (κ3) is 2.76. The number of aryl methyl sites for hydroxylation is 1. The summed E-state index contributed by atoms with van der Waals surface area (Å²) in [6.45, 7) is 0.684. The number of hydrogen-bond acceptors (Lipinski definition) is 7. The van der Waals surface area contributed by atoms with Crippen LogP contribution < -0.4 is 11.1 Å². The molecule has 1 fully saturated rings. The quantitative estimate of drug-likeness (QED) is 0.755. The molecule has 3 aromatic rings. The van der Waals surface area contributed by atoms with Gasteiger partial charge in [-0.3, -0.25) is 0 Å². The van der Waals surface area contributed by atoms with Crippen LogP contribution in [0.2, 0.25) is 0 Å². The van der Waals surface area contributed by atoms with Crippen molar-refractivity contribution in [3.05, 3.63) is 36.7 Å². The van der Waals surface area contributed by atoms with E-state index in [1.807, 2.05) is 23.9 Å². The molecule has 0 bridgehead atoms. The van der Waals surface area contributed by atoms with Crippen LogP contribution in [0, 0.1) is 0 Å². The third-order valence-electron chi connectivity index (χ3n) is 4.29. The van der Waals surface area contributed by atoms with Gasteiger partial charge < -0.3 is 20.4 Å². The summed E-state index contributed by atoms with van der Waals surface area (Å²) in [7, 11) is 1.98. The molecule has 0 spiro atoms. The van der Waals surface area contributed by atoms with Gasteiger partial charge in [-0.25, -0.2) is 19.9 Å². The molecule has 0 aromatic carbocycles. The van der Waals surface area contributed by atoms with Crippen LogP contribution in [-0.2, 0) is 11.8 Å². The molecule has 8 heteroatoms. The van der Waals surface area contributed by atoms with Gasteiger partial charge in [0.25, 0.3) is 0 Å². The Hall–Kier alpha value is -2.74. The van der Waals surface area contributed by atoms with Gasteiger partial charge >= 0.3 is 0 Å². The Morgan fingerprint density at radius 2 is 2.21 bits per heavy atom. The van der Waals surface area contributed by atoms with Crippen LogP contribution in [0.15, 0.2) is 30.9 Å². The fourth-order valence-corrected chi connectivity index (χ4v) is 3.06. The molecule has 1 saturated heterocycles. The van der Waals surface area contributed by atoms with Crippen LogP contribution in [0.1, 0.15) is 24.8 Å². The number of nitrogen functional groups attached to an aromatic ring is 1. The van der Waals surface area contributed by atoms with E-state index in [-0.39, 0.29) is 12.1 Å². The fraction of sp³-hybridized carbons (Fsp3) is 0.375. The van der Waals surface area contributed by atoms with Gasteiger partial charge in [0.2, 0.25) is 0 Å². The maximum atomic E-state index is 5.89. The largest absolute Gasteiger partial charge is 0.384 e. The normalized spacial score (nSPS) is 21.0. The summed E-state index contributed by atoms with van der Waals surface area (Å²) in [4.78, 5) is 17.2. The molecule has 0 aliphatic carbocycles. The summed E-state index contributed by atoms with van der Waals surface area (Å²) in [5, 5.41) is 4.37. The van der Waals surface area contributed by atoms with Crippen molar-refractivity contribution >= 4 is 22.7 Å². The summed E-state index contributed by atoms with van der Waals surface area (Å²) in [5.74, 6) is 2.18. The number of aromatic nitrogens is 5. The minimum absolute atomic E-state index is 0.0156. The number of rotatable bonds is 3. The second-order valence-corrected chi connectivity index (χ2v) is 5.95. The van der Waals surface area contributed by atoms with Gasteiger partial charge in [0.1, 0.15) is 29.9 Å². The highest BCUT2D eigenvalue weighted by Crippen LogP contribution is 2.29.